The summed E-state index contributed by atoms with van der Waals surface area (Å²) in [4.78, 5) is 0. The molecule has 3 N–H and O–H groups in total. The number of hydrogen-bond donors (Lipinski definition) is 2. The number of benzene rings is 1. The van der Waals surface area contributed by atoms with Crippen LogP contribution in [0.1, 0.15) is 37.7 Å². The molecule has 19 heavy (non-hydrogen) atoms. The van der Waals surface area contributed by atoms with Crippen LogP contribution in [0.4, 0.5) is 0 Å². The quantitative estimate of drug-likeness (QED) is 0.682. The number of nitrogens with one attached hydrogen (secondary N) is 1. The molecule has 3 nitrogen and oxygen atoms in total. The molecule has 2 unspecified atom stereocenters. The average molecular weight is 264 g/mol. The molecule has 0 bridgehead atoms. The van der Waals surface area contributed by atoms with Crippen molar-refractivity contribution >= 4 is 0 Å². The molecule has 1 rings (SSSR count). The molecule has 0 aliphatic rings. The predicted octanol–water partition coefficient (Wildman–Crippen LogP) is 2.52. The first-order valence-electron chi connectivity index (χ1n) is 7.25. The summed E-state index contributed by atoms with van der Waals surface area (Å²) < 4.78 is 5.24. The van der Waals surface area contributed by atoms with Gasteiger partial charge in [0.15, 0.2) is 0 Å². The van der Waals surface area contributed by atoms with Crippen molar-refractivity contribution in [2.45, 2.75) is 38.1 Å². The zero-order valence-electron chi connectivity index (χ0n) is 12.3. The number of nitrogens with two attached hydrogens (primary N) is 1. The van der Waals surface area contributed by atoms with Gasteiger partial charge in [-0.05, 0) is 43.8 Å². The lowest BCUT2D eigenvalue weighted by molar-refractivity contribution is 0.161. The summed E-state index contributed by atoms with van der Waals surface area (Å²) in [6, 6.07) is 11.1. The van der Waals surface area contributed by atoms with Crippen LogP contribution in [0.15, 0.2) is 30.3 Å². The lowest BCUT2D eigenvalue weighted by Crippen LogP contribution is -2.34. The topological polar surface area (TPSA) is 47.3 Å². The Balaban J connectivity index is 2.27. The molecule has 0 spiro atoms. The monoisotopic (exact) mass is 264 g/mol. The van der Waals surface area contributed by atoms with Gasteiger partial charge in [-0.25, -0.2) is 0 Å². The van der Waals surface area contributed by atoms with Gasteiger partial charge < -0.3 is 15.8 Å². The third-order valence-electron chi connectivity index (χ3n) is 3.50. The van der Waals surface area contributed by atoms with E-state index >= 15 is 0 Å². The van der Waals surface area contributed by atoms with Crippen molar-refractivity contribution in [3.8, 4) is 0 Å². The standard InChI is InChI=1S/C16H28N2O/c1-14(15-7-4-3-5-8-15)10-12-18-16(13-19-2)9-6-11-17/h3-5,7-8,14,16,18H,6,9-13,17H2,1-2H3. The molecule has 3 heteroatoms. The molecule has 108 valence electrons. The molecule has 0 aliphatic carbocycles. The van der Waals surface area contributed by atoms with Crippen LogP contribution in [-0.4, -0.2) is 32.8 Å². The Kier molecular flexibility index (Phi) is 8.47. The van der Waals surface area contributed by atoms with Crippen LogP contribution < -0.4 is 11.1 Å². The van der Waals surface area contributed by atoms with Crippen molar-refractivity contribution < 1.29 is 4.74 Å². The molecular formula is C16H28N2O. The van der Waals surface area contributed by atoms with Crippen molar-refractivity contribution in [3.63, 3.8) is 0 Å². The largest absolute Gasteiger partial charge is 0.383 e. The number of hydrogen-bond acceptors (Lipinski definition) is 3. The van der Waals surface area contributed by atoms with Gasteiger partial charge in [0, 0.05) is 13.2 Å². The summed E-state index contributed by atoms with van der Waals surface area (Å²) in [7, 11) is 1.75. The smallest absolute Gasteiger partial charge is 0.0615 e. The van der Waals surface area contributed by atoms with E-state index < -0.39 is 0 Å². The van der Waals surface area contributed by atoms with Crippen LogP contribution >= 0.6 is 0 Å². The van der Waals surface area contributed by atoms with Crippen molar-refractivity contribution in [1.82, 2.24) is 5.32 Å². The summed E-state index contributed by atoms with van der Waals surface area (Å²) in [5.74, 6) is 0.589. The van der Waals surface area contributed by atoms with Crippen LogP contribution in [0.3, 0.4) is 0 Å². The molecule has 0 saturated heterocycles. The van der Waals surface area contributed by atoms with Gasteiger partial charge in [0.1, 0.15) is 0 Å². The van der Waals surface area contributed by atoms with E-state index in [1.165, 1.54) is 5.56 Å². The second-order valence-corrected chi connectivity index (χ2v) is 5.14. The molecule has 2 atom stereocenters. The summed E-state index contributed by atoms with van der Waals surface area (Å²) in [5.41, 5.74) is 6.97. The SMILES string of the molecule is COCC(CCCN)NCCC(C)c1ccccc1. The van der Waals surface area contributed by atoms with Gasteiger partial charge in [-0.15, -0.1) is 0 Å². The molecule has 0 radical (unpaired) electrons. The fourth-order valence-electron chi connectivity index (χ4n) is 2.26. The van der Waals surface area contributed by atoms with E-state index in [0.29, 0.717) is 12.0 Å². The minimum Gasteiger partial charge on any atom is -0.383 e. The number of ether oxygens (including phenoxy) is 1. The van der Waals surface area contributed by atoms with Crippen LogP contribution in [0, 0.1) is 0 Å². The molecule has 0 amide bonds. The molecular weight excluding hydrogens is 236 g/mol. The normalized spacial score (nSPS) is 14.3. The minimum absolute atomic E-state index is 0.427. The Morgan fingerprint density at radius 1 is 1.21 bits per heavy atom. The van der Waals surface area contributed by atoms with Gasteiger partial charge in [0.05, 0.1) is 6.61 Å². The zero-order chi connectivity index (χ0) is 13.9. The summed E-state index contributed by atoms with van der Waals surface area (Å²) in [6.07, 6.45) is 3.28. The maximum Gasteiger partial charge on any atom is 0.0615 e. The third kappa shape index (κ3) is 6.71. The van der Waals surface area contributed by atoms with Crippen molar-refractivity contribution in [2.24, 2.45) is 5.73 Å². The number of methoxy groups -OCH3 is 1. The highest BCUT2D eigenvalue weighted by Gasteiger charge is 2.09. The Morgan fingerprint density at radius 2 is 1.95 bits per heavy atom. The van der Waals surface area contributed by atoms with Crippen molar-refractivity contribution in [1.29, 1.82) is 0 Å². The summed E-state index contributed by atoms with van der Waals surface area (Å²) >= 11 is 0. The van der Waals surface area contributed by atoms with Crippen LogP contribution in [0.25, 0.3) is 0 Å². The van der Waals surface area contributed by atoms with E-state index in [9.17, 15) is 0 Å². The van der Waals surface area contributed by atoms with Gasteiger partial charge in [-0.2, -0.15) is 0 Å². The Bertz CT molecular complexity index is 316. The highest BCUT2D eigenvalue weighted by atomic mass is 16.5. The second kappa shape index (κ2) is 9.96. The third-order valence-corrected chi connectivity index (χ3v) is 3.50. The van der Waals surface area contributed by atoms with Crippen LogP contribution in [0.2, 0.25) is 0 Å². The first-order valence-corrected chi connectivity index (χ1v) is 7.25. The molecule has 0 aliphatic heterocycles. The fraction of sp³-hybridized carbons (Fsp3) is 0.625. The second-order valence-electron chi connectivity index (χ2n) is 5.14. The Labute approximate surface area is 117 Å². The van der Waals surface area contributed by atoms with Crippen molar-refractivity contribution in [2.75, 3.05) is 26.8 Å². The van der Waals surface area contributed by atoms with Gasteiger partial charge in [0.25, 0.3) is 0 Å². The van der Waals surface area contributed by atoms with E-state index in [2.05, 4.69) is 42.6 Å². The molecule has 0 fully saturated rings. The highest BCUT2D eigenvalue weighted by Crippen LogP contribution is 2.17. The predicted molar refractivity (Wildman–Crippen MR) is 81.4 cm³/mol. The van der Waals surface area contributed by atoms with Crippen LogP contribution in [-0.2, 0) is 4.74 Å². The molecule has 0 saturated carbocycles. The van der Waals surface area contributed by atoms with Gasteiger partial charge >= 0.3 is 0 Å². The summed E-state index contributed by atoms with van der Waals surface area (Å²) in [6.45, 7) is 4.82. The van der Waals surface area contributed by atoms with E-state index in [1.54, 1.807) is 7.11 Å². The Morgan fingerprint density at radius 3 is 2.58 bits per heavy atom. The minimum atomic E-state index is 0.427. The van der Waals surface area contributed by atoms with Gasteiger partial charge in [-0.3, -0.25) is 0 Å². The lowest BCUT2D eigenvalue weighted by Gasteiger charge is -2.19. The summed E-state index contributed by atoms with van der Waals surface area (Å²) in [5, 5.41) is 3.58. The number of rotatable bonds is 10. The van der Waals surface area contributed by atoms with Gasteiger partial charge in [-0.1, -0.05) is 37.3 Å². The van der Waals surface area contributed by atoms with E-state index in [1.807, 2.05) is 0 Å². The van der Waals surface area contributed by atoms with Crippen molar-refractivity contribution in [3.05, 3.63) is 35.9 Å². The van der Waals surface area contributed by atoms with Crippen LogP contribution in [0.5, 0.6) is 0 Å². The average Bonchev–Trinajstić information content (AvgIpc) is 2.45. The molecule has 1 aromatic carbocycles. The lowest BCUT2D eigenvalue weighted by atomic mass is 9.98. The maximum absolute atomic E-state index is 5.56. The van der Waals surface area contributed by atoms with E-state index in [4.69, 9.17) is 10.5 Å². The van der Waals surface area contributed by atoms with E-state index in [0.717, 1.165) is 39.0 Å². The molecule has 0 aromatic heterocycles. The fourth-order valence-corrected chi connectivity index (χ4v) is 2.26. The highest BCUT2D eigenvalue weighted by molar-refractivity contribution is 5.18. The van der Waals surface area contributed by atoms with Gasteiger partial charge in [0.2, 0.25) is 0 Å². The zero-order valence-corrected chi connectivity index (χ0v) is 12.3. The van der Waals surface area contributed by atoms with E-state index in [-0.39, 0.29) is 0 Å². The first kappa shape index (κ1) is 16.2. The first-order chi connectivity index (χ1) is 9.27. The molecule has 0 heterocycles. The Hall–Kier alpha value is -0.900. The maximum atomic E-state index is 5.56. The molecule has 1 aromatic rings.